The van der Waals surface area contributed by atoms with Crippen molar-refractivity contribution in [2.24, 2.45) is 11.8 Å². The summed E-state index contributed by atoms with van der Waals surface area (Å²) in [6.45, 7) is 11.1. The van der Waals surface area contributed by atoms with Crippen LogP contribution in [0.1, 0.15) is 54.0 Å². The van der Waals surface area contributed by atoms with Gasteiger partial charge in [-0.1, -0.05) is 27.7 Å². The molecule has 2 rings (SSSR count). The highest BCUT2D eigenvalue weighted by molar-refractivity contribution is 7.88. The van der Waals surface area contributed by atoms with Gasteiger partial charge in [0.15, 0.2) is 0 Å². The van der Waals surface area contributed by atoms with Gasteiger partial charge in [-0.2, -0.15) is 0 Å². The number of nitrogens with one attached hydrogen (secondary N) is 1. The van der Waals surface area contributed by atoms with Gasteiger partial charge in [0.25, 0.3) is 5.91 Å². The van der Waals surface area contributed by atoms with Crippen molar-refractivity contribution < 1.29 is 13.2 Å². The molecule has 0 unspecified atom stereocenters. The molecule has 1 N–H and O–H groups in total. The number of nitrogens with zero attached hydrogens (tertiary/aromatic N) is 2. The van der Waals surface area contributed by atoms with Crippen molar-refractivity contribution >= 4 is 27.3 Å². The van der Waals surface area contributed by atoms with E-state index in [1.165, 1.54) is 11.3 Å². The Kier molecular flexibility index (Phi) is 5.71. The first kappa shape index (κ1) is 19.3. The zero-order valence-corrected chi connectivity index (χ0v) is 16.8. The van der Waals surface area contributed by atoms with Crippen LogP contribution in [0, 0.1) is 18.8 Å². The van der Waals surface area contributed by atoms with E-state index < -0.39 is 10.0 Å². The van der Waals surface area contributed by atoms with Gasteiger partial charge in [0.2, 0.25) is 10.0 Å². The highest BCUT2D eigenvalue weighted by Gasteiger charge is 2.39. The van der Waals surface area contributed by atoms with E-state index in [9.17, 15) is 13.2 Å². The molecule has 0 bridgehead atoms. The topological polar surface area (TPSA) is 79.4 Å². The van der Waals surface area contributed by atoms with Crippen molar-refractivity contribution in [1.29, 1.82) is 0 Å². The predicted molar refractivity (Wildman–Crippen MR) is 96.9 cm³/mol. The minimum atomic E-state index is -3.30. The van der Waals surface area contributed by atoms with Gasteiger partial charge in [-0.15, -0.1) is 11.3 Å². The van der Waals surface area contributed by atoms with Gasteiger partial charge < -0.3 is 4.90 Å². The molecule has 2 atom stereocenters. The lowest BCUT2D eigenvalue weighted by Gasteiger charge is -2.21. The molecule has 1 aromatic rings. The summed E-state index contributed by atoms with van der Waals surface area (Å²) in [5.74, 6) is 0.648. The monoisotopic (exact) mass is 373 g/mol. The van der Waals surface area contributed by atoms with Gasteiger partial charge in [-0.25, -0.2) is 18.1 Å². The van der Waals surface area contributed by atoms with E-state index in [-0.39, 0.29) is 29.7 Å². The Morgan fingerprint density at radius 3 is 2.38 bits per heavy atom. The van der Waals surface area contributed by atoms with Crippen LogP contribution < -0.4 is 4.72 Å². The van der Waals surface area contributed by atoms with Crippen LogP contribution >= 0.6 is 11.3 Å². The van der Waals surface area contributed by atoms with Crippen molar-refractivity contribution in [3.63, 3.8) is 0 Å². The molecular weight excluding hydrogens is 346 g/mol. The SMILES string of the molecule is Cc1nc(C(C)C)sc1C(=O)N1C[C@H](NS(C)(=O)=O)[C@@H](C(C)C)C1. The van der Waals surface area contributed by atoms with E-state index in [0.29, 0.717) is 18.0 Å². The molecule has 0 aromatic carbocycles. The normalized spacial score (nSPS) is 21.9. The summed E-state index contributed by atoms with van der Waals surface area (Å²) in [5.41, 5.74) is 0.759. The fourth-order valence-corrected chi connectivity index (χ4v) is 4.91. The third-order valence-corrected chi connectivity index (χ3v) is 6.55. The van der Waals surface area contributed by atoms with Crippen LogP contribution in [0.25, 0.3) is 0 Å². The number of carbonyl (C=O) groups is 1. The van der Waals surface area contributed by atoms with Crippen LogP contribution in [0.3, 0.4) is 0 Å². The van der Waals surface area contributed by atoms with Crippen molar-refractivity contribution in [2.45, 2.75) is 46.6 Å². The standard InChI is InChI=1S/C16H27N3O3S2/c1-9(2)12-7-19(8-13(12)18-24(6,21)22)16(20)14-11(5)17-15(23-14)10(3)4/h9-10,12-13,18H,7-8H2,1-6H3/t12-,13+/m1/s1. The number of sulfonamides is 1. The Morgan fingerprint density at radius 1 is 1.29 bits per heavy atom. The molecule has 0 aliphatic carbocycles. The fraction of sp³-hybridized carbons (Fsp3) is 0.750. The molecule has 2 heterocycles. The minimum absolute atomic E-state index is 0.0413. The Morgan fingerprint density at radius 2 is 1.92 bits per heavy atom. The van der Waals surface area contributed by atoms with Crippen LogP contribution in [-0.4, -0.2) is 49.6 Å². The summed E-state index contributed by atoms with van der Waals surface area (Å²) < 4.78 is 25.9. The average Bonchev–Trinajstić information content (AvgIpc) is 3.00. The second-order valence-electron chi connectivity index (χ2n) is 7.24. The second-order valence-corrected chi connectivity index (χ2v) is 10.0. The molecule has 24 heavy (non-hydrogen) atoms. The molecule has 136 valence electrons. The van der Waals surface area contributed by atoms with Crippen LogP contribution in [0.2, 0.25) is 0 Å². The van der Waals surface area contributed by atoms with Gasteiger partial charge in [-0.3, -0.25) is 4.79 Å². The number of hydrogen-bond acceptors (Lipinski definition) is 5. The van der Waals surface area contributed by atoms with Crippen LogP contribution in [-0.2, 0) is 10.0 Å². The maximum atomic E-state index is 12.9. The van der Waals surface area contributed by atoms with Gasteiger partial charge >= 0.3 is 0 Å². The first-order valence-electron chi connectivity index (χ1n) is 8.23. The molecule has 0 radical (unpaired) electrons. The summed E-state index contributed by atoms with van der Waals surface area (Å²) in [4.78, 5) is 19.8. The number of carbonyl (C=O) groups excluding carboxylic acids is 1. The van der Waals surface area contributed by atoms with Gasteiger partial charge in [-0.05, 0) is 18.8 Å². The molecule has 1 amide bonds. The van der Waals surface area contributed by atoms with E-state index in [1.807, 2.05) is 6.92 Å². The maximum absolute atomic E-state index is 12.9. The lowest BCUT2D eigenvalue weighted by Crippen LogP contribution is -2.41. The largest absolute Gasteiger partial charge is 0.336 e. The smallest absolute Gasteiger partial charge is 0.265 e. The molecule has 1 saturated heterocycles. The van der Waals surface area contributed by atoms with Gasteiger partial charge in [0, 0.05) is 25.0 Å². The summed E-state index contributed by atoms with van der Waals surface area (Å²) in [5, 5.41) is 0.960. The quantitative estimate of drug-likeness (QED) is 0.858. The first-order chi connectivity index (χ1) is 11.0. The number of hydrogen-bond donors (Lipinski definition) is 1. The lowest BCUT2D eigenvalue weighted by molar-refractivity contribution is 0.0787. The van der Waals surface area contributed by atoms with Crippen molar-refractivity contribution in [3.05, 3.63) is 15.6 Å². The average molecular weight is 374 g/mol. The van der Waals surface area contributed by atoms with Crippen molar-refractivity contribution in [2.75, 3.05) is 19.3 Å². The molecule has 1 fully saturated rings. The molecule has 0 spiro atoms. The zero-order valence-electron chi connectivity index (χ0n) is 15.2. The first-order valence-corrected chi connectivity index (χ1v) is 10.9. The molecule has 8 heteroatoms. The Hall–Kier alpha value is -0.990. The van der Waals surface area contributed by atoms with Gasteiger partial charge in [0.05, 0.1) is 17.0 Å². The van der Waals surface area contributed by atoms with Crippen LogP contribution in [0.5, 0.6) is 0 Å². The van der Waals surface area contributed by atoms with E-state index >= 15 is 0 Å². The highest BCUT2D eigenvalue weighted by Crippen LogP contribution is 2.30. The Balaban J connectivity index is 2.22. The van der Waals surface area contributed by atoms with Crippen LogP contribution in [0.4, 0.5) is 0 Å². The molecule has 1 aliphatic rings. The number of likely N-dealkylation sites (tertiary alicyclic amines) is 1. The van der Waals surface area contributed by atoms with E-state index in [2.05, 4.69) is 37.4 Å². The number of aromatic nitrogens is 1. The number of aryl methyl sites for hydroxylation is 1. The summed E-state index contributed by atoms with van der Waals surface area (Å²) in [7, 11) is -3.30. The second kappa shape index (κ2) is 7.09. The summed E-state index contributed by atoms with van der Waals surface area (Å²) in [6.07, 6.45) is 1.16. The Bertz CT molecular complexity index is 710. The number of amides is 1. The number of rotatable bonds is 5. The van der Waals surface area contributed by atoms with E-state index in [4.69, 9.17) is 0 Å². The highest BCUT2D eigenvalue weighted by atomic mass is 32.2. The summed E-state index contributed by atoms with van der Waals surface area (Å²) >= 11 is 1.45. The Labute approximate surface area is 148 Å². The summed E-state index contributed by atoms with van der Waals surface area (Å²) in [6, 6.07) is -0.234. The van der Waals surface area contributed by atoms with Gasteiger partial charge in [0.1, 0.15) is 4.88 Å². The predicted octanol–water partition coefficient (Wildman–Crippen LogP) is 2.22. The molecule has 1 aromatic heterocycles. The van der Waals surface area contributed by atoms with E-state index in [0.717, 1.165) is 17.0 Å². The molecule has 0 saturated carbocycles. The molecule has 6 nitrogen and oxygen atoms in total. The molecular formula is C16H27N3O3S2. The van der Waals surface area contributed by atoms with Crippen LogP contribution in [0.15, 0.2) is 0 Å². The van der Waals surface area contributed by atoms with Crippen molar-refractivity contribution in [3.8, 4) is 0 Å². The lowest BCUT2D eigenvalue weighted by atomic mass is 9.92. The fourth-order valence-electron chi connectivity index (χ4n) is 3.08. The van der Waals surface area contributed by atoms with Crippen molar-refractivity contribution in [1.82, 2.24) is 14.6 Å². The number of thiazole rings is 1. The minimum Gasteiger partial charge on any atom is -0.336 e. The zero-order chi connectivity index (χ0) is 18.2. The maximum Gasteiger partial charge on any atom is 0.265 e. The third-order valence-electron chi connectivity index (χ3n) is 4.38. The third kappa shape index (κ3) is 4.34. The molecule has 1 aliphatic heterocycles. The van der Waals surface area contributed by atoms with E-state index in [1.54, 1.807) is 4.90 Å².